The van der Waals surface area contributed by atoms with Crippen molar-refractivity contribution >= 4 is 40.7 Å². The molecule has 37 heavy (non-hydrogen) atoms. The molecule has 0 radical (unpaired) electrons. The fourth-order valence-corrected chi connectivity index (χ4v) is 5.69. The van der Waals surface area contributed by atoms with Gasteiger partial charge in [0, 0.05) is 30.3 Å². The van der Waals surface area contributed by atoms with Gasteiger partial charge in [0.05, 0.1) is 18.8 Å². The van der Waals surface area contributed by atoms with Crippen molar-refractivity contribution in [2.45, 2.75) is 62.7 Å². The third kappa shape index (κ3) is 7.59. The first kappa shape index (κ1) is 27.2. The van der Waals surface area contributed by atoms with E-state index in [0.29, 0.717) is 17.9 Å². The van der Waals surface area contributed by atoms with Gasteiger partial charge in [0.1, 0.15) is 5.01 Å². The van der Waals surface area contributed by atoms with Crippen molar-refractivity contribution in [1.29, 1.82) is 0 Å². The van der Waals surface area contributed by atoms with Gasteiger partial charge in [-0.25, -0.2) is 0 Å². The minimum absolute atomic E-state index is 0.0212. The summed E-state index contributed by atoms with van der Waals surface area (Å²) in [5.74, 6) is -0.275. The molecule has 1 aliphatic heterocycles. The number of anilines is 1. The van der Waals surface area contributed by atoms with Crippen LogP contribution >= 0.6 is 23.1 Å². The molecule has 2 heterocycles. The Balaban J connectivity index is 1.51. The predicted molar refractivity (Wildman–Crippen MR) is 140 cm³/mol. The number of nitrogens with one attached hydrogen (secondary N) is 1. The minimum Gasteiger partial charge on any atom is -0.453 e. The quantitative estimate of drug-likeness (QED) is 0.295. The highest BCUT2D eigenvalue weighted by atomic mass is 32.2. The fourth-order valence-electron chi connectivity index (χ4n) is 3.83. The Morgan fingerprint density at radius 3 is 2.65 bits per heavy atom. The summed E-state index contributed by atoms with van der Waals surface area (Å²) in [4.78, 5) is 23.6. The van der Waals surface area contributed by atoms with E-state index in [1.54, 1.807) is 35.2 Å². The summed E-state index contributed by atoms with van der Waals surface area (Å²) in [6, 6.07) is 14.9. The molecule has 2 N–H and O–H groups in total. The predicted octanol–water partition coefficient (Wildman–Crippen LogP) is 4.57. The number of aryl methyl sites for hydroxylation is 1. The summed E-state index contributed by atoms with van der Waals surface area (Å²) < 4.78 is 18.6. The number of benzene rings is 2. The average Bonchev–Trinajstić information content (AvgIpc) is 3.32. The van der Waals surface area contributed by atoms with Crippen LogP contribution in [0, 0.1) is 6.92 Å². The molecule has 2 aromatic carbocycles. The van der Waals surface area contributed by atoms with Crippen LogP contribution in [0.4, 0.5) is 5.69 Å². The lowest BCUT2D eigenvalue weighted by Crippen LogP contribution is -2.31. The molecule has 1 aromatic heterocycles. The normalized spacial score (nSPS) is 20.3. The van der Waals surface area contributed by atoms with Crippen molar-refractivity contribution in [3.05, 3.63) is 70.2 Å². The van der Waals surface area contributed by atoms with Crippen molar-refractivity contribution in [2.24, 2.45) is 0 Å². The van der Waals surface area contributed by atoms with Crippen LogP contribution in [0.15, 0.2) is 52.9 Å². The van der Waals surface area contributed by atoms with Gasteiger partial charge in [0.25, 0.3) is 5.91 Å². The number of thioether (sulfide) groups is 1. The third-order valence-electron chi connectivity index (χ3n) is 5.65. The van der Waals surface area contributed by atoms with Crippen LogP contribution in [0.3, 0.4) is 0 Å². The zero-order chi connectivity index (χ0) is 26.4. The Labute approximate surface area is 223 Å². The van der Waals surface area contributed by atoms with Gasteiger partial charge >= 0.3 is 5.97 Å². The Bertz CT molecular complexity index is 1220. The summed E-state index contributed by atoms with van der Waals surface area (Å²) in [7, 11) is 0. The monoisotopic (exact) mass is 543 g/mol. The summed E-state index contributed by atoms with van der Waals surface area (Å²) in [6.07, 6.45) is -1.29. The molecule has 11 heteroatoms. The van der Waals surface area contributed by atoms with Crippen LogP contribution < -0.4 is 5.32 Å². The highest BCUT2D eigenvalue weighted by Crippen LogP contribution is 2.40. The molecule has 0 aliphatic carbocycles. The molecule has 4 rings (SSSR count). The highest BCUT2D eigenvalue weighted by Gasteiger charge is 2.32. The topological polar surface area (TPSA) is 120 Å². The fraction of sp³-hybridized carbons (Fsp3) is 0.385. The van der Waals surface area contributed by atoms with Crippen molar-refractivity contribution in [3.63, 3.8) is 0 Å². The van der Waals surface area contributed by atoms with Gasteiger partial charge in [-0.05, 0) is 37.1 Å². The molecule has 0 spiro atoms. The van der Waals surface area contributed by atoms with Gasteiger partial charge in [-0.1, -0.05) is 59.5 Å². The van der Waals surface area contributed by atoms with E-state index in [0.717, 1.165) is 26.0 Å². The van der Waals surface area contributed by atoms with Crippen LogP contribution in [-0.2, 0) is 30.4 Å². The smallest absolute Gasteiger partial charge is 0.303 e. The lowest BCUT2D eigenvalue weighted by molar-refractivity contribution is -0.245. The summed E-state index contributed by atoms with van der Waals surface area (Å²) in [5.41, 5.74) is 3.11. The van der Waals surface area contributed by atoms with Crippen LogP contribution in [0.1, 0.15) is 54.4 Å². The molecule has 0 unspecified atom stereocenters. The number of ether oxygens (including phenoxy) is 3. The number of esters is 1. The number of aromatic nitrogens is 2. The van der Waals surface area contributed by atoms with Crippen LogP contribution in [0.2, 0.25) is 0 Å². The van der Waals surface area contributed by atoms with Gasteiger partial charge in [0.2, 0.25) is 0 Å². The Kier molecular flexibility index (Phi) is 9.28. The second-order valence-electron chi connectivity index (χ2n) is 8.61. The first-order chi connectivity index (χ1) is 17.8. The number of carbonyl (C=O) groups is 2. The van der Waals surface area contributed by atoms with Gasteiger partial charge in [0.15, 0.2) is 16.7 Å². The number of hydrogen-bond donors (Lipinski definition) is 2. The van der Waals surface area contributed by atoms with Crippen molar-refractivity contribution in [3.8, 4) is 0 Å². The molecular formula is C26H29N3O6S2. The number of hydrogen-bond acceptors (Lipinski definition) is 10. The molecule has 4 atom stereocenters. The second kappa shape index (κ2) is 12.6. The average molecular weight is 544 g/mol. The standard InChI is InChI=1S/C26H29N3O6S2/c1-15(33-17(3)31)24(32)27-21-6-4-5-20(11-21)25-34-22(14-36-26-29-28-16(2)37-26)12-23(35-25)19-9-7-18(13-30)8-10-19/h4-11,15,22-23,25,30H,12-14H2,1-3H3,(H,27,32)/t15-,22+,23-,25-/m0/s1. The Hall–Kier alpha value is -2.83. The van der Waals surface area contributed by atoms with Crippen LogP contribution in [0.5, 0.6) is 0 Å². The molecule has 0 bridgehead atoms. The molecule has 1 fully saturated rings. The van der Waals surface area contributed by atoms with Crippen molar-refractivity contribution in [1.82, 2.24) is 10.2 Å². The number of rotatable bonds is 9. The molecule has 196 valence electrons. The SMILES string of the molecule is CC(=O)O[C@@H](C)C(=O)Nc1cccc([C@H]2O[C@@H](CSc3nnc(C)s3)C[C@@H](c3ccc(CO)cc3)O2)c1. The van der Waals surface area contributed by atoms with Crippen LogP contribution in [-0.4, -0.2) is 45.1 Å². The van der Waals surface area contributed by atoms with Gasteiger partial charge in [-0.15, -0.1) is 10.2 Å². The molecule has 0 saturated carbocycles. The second-order valence-corrected chi connectivity index (χ2v) is 11.1. The van der Waals surface area contributed by atoms with E-state index in [1.165, 1.54) is 13.8 Å². The molecule has 1 amide bonds. The Morgan fingerprint density at radius 1 is 1.19 bits per heavy atom. The third-order valence-corrected chi connectivity index (χ3v) is 7.76. The molecule has 1 saturated heterocycles. The zero-order valence-corrected chi connectivity index (χ0v) is 22.4. The largest absolute Gasteiger partial charge is 0.453 e. The number of amides is 1. The molecule has 1 aliphatic rings. The van der Waals surface area contributed by atoms with E-state index in [9.17, 15) is 14.7 Å². The first-order valence-electron chi connectivity index (χ1n) is 11.8. The van der Waals surface area contributed by atoms with Gasteiger partial charge in [-0.2, -0.15) is 0 Å². The number of aliphatic hydroxyl groups is 1. The maximum atomic E-state index is 12.4. The lowest BCUT2D eigenvalue weighted by Gasteiger charge is -2.36. The highest BCUT2D eigenvalue weighted by molar-refractivity contribution is 8.01. The maximum Gasteiger partial charge on any atom is 0.303 e. The summed E-state index contributed by atoms with van der Waals surface area (Å²) >= 11 is 3.15. The summed E-state index contributed by atoms with van der Waals surface area (Å²) in [5, 5.41) is 21.4. The Morgan fingerprint density at radius 2 is 1.97 bits per heavy atom. The maximum absolute atomic E-state index is 12.4. The molecular weight excluding hydrogens is 514 g/mol. The number of aliphatic hydroxyl groups excluding tert-OH is 1. The number of carbonyl (C=O) groups excluding carboxylic acids is 2. The van der Waals surface area contributed by atoms with Gasteiger partial charge in [-0.3, -0.25) is 9.59 Å². The van der Waals surface area contributed by atoms with E-state index in [4.69, 9.17) is 14.2 Å². The van der Waals surface area contributed by atoms with E-state index >= 15 is 0 Å². The molecule has 3 aromatic rings. The summed E-state index contributed by atoms with van der Waals surface area (Å²) in [6.45, 7) is 4.68. The van der Waals surface area contributed by atoms with E-state index in [-0.39, 0.29) is 18.8 Å². The van der Waals surface area contributed by atoms with E-state index < -0.39 is 24.3 Å². The minimum atomic E-state index is -0.917. The van der Waals surface area contributed by atoms with E-state index in [1.807, 2.05) is 43.3 Å². The lowest BCUT2D eigenvalue weighted by atomic mass is 10.0. The zero-order valence-electron chi connectivity index (χ0n) is 20.7. The van der Waals surface area contributed by atoms with Crippen LogP contribution in [0.25, 0.3) is 0 Å². The number of nitrogens with zero attached hydrogens (tertiary/aromatic N) is 2. The van der Waals surface area contributed by atoms with Crippen molar-refractivity contribution < 1.29 is 28.9 Å². The molecule has 9 nitrogen and oxygen atoms in total. The van der Waals surface area contributed by atoms with E-state index in [2.05, 4.69) is 15.5 Å². The van der Waals surface area contributed by atoms with Crippen molar-refractivity contribution in [2.75, 3.05) is 11.1 Å². The van der Waals surface area contributed by atoms with Gasteiger partial charge < -0.3 is 24.6 Å². The first-order valence-corrected chi connectivity index (χ1v) is 13.6.